The lowest BCUT2D eigenvalue weighted by Crippen LogP contribution is -2.06. The first kappa shape index (κ1) is 8.62. The molecule has 0 aliphatic carbocycles. The number of halogens is 2. The van der Waals surface area contributed by atoms with E-state index in [1.54, 1.807) is 12.1 Å². The summed E-state index contributed by atoms with van der Waals surface area (Å²) < 4.78 is 5.17. The van der Waals surface area contributed by atoms with Gasteiger partial charge in [0.25, 0.3) is 0 Å². The quantitative estimate of drug-likeness (QED) is 0.569. The molecule has 13 heavy (non-hydrogen) atoms. The maximum Gasteiger partial charge on any atom is 0.310 e. The fraction of sp³-hybridized carbons (Fsp3) is 0. The second-order valence-corrected chi connectivity index (χ2v) is 3.18. The Labute approximate surface area is 83.6 Å². The first-order chi connectivity index (χ1) is 6.22. The maximum absolute atomic E-state index is 5.85. The van der Waals surface area contributed by atoms with E-state index < -0.39 is 0 Å². The number of fused-ring (bicyclic) bond motifs is 1. The molecule has 6 heteroatoms. The van der Waals surface area contributed by atoms with Gasteiger partial charge < -0.3 is 4.42 Å². The summed E-state index contributed by atoms with van der Waals surface area (Å²) in [4.78, 5) is 3.97. The lowest BCUT2D eigenvalue weighted by Gasteiger charge is -1.91. The van der Waals surface area contributed by atoms with E-state index in [1.165, 1.54) is 0 Å². The Morgan fingerprint density at radius 3 is 2.62 bits per heavy atom. The average Bonchev–Trinajstić information content (AvgIpc) is 2.56. The highest BCUT2D eigenvalue weighted by atomic mass is 35.5. The number of nitrogens with zero attached hydrogens (tertiary/aromatic N) is 1. The Kier molecular flexibility index (Phi) is 2.03. The molecule has 0 aliphatic heterocycles. The SMILES string of the molecule is NNc1nc2c(Cl)ccc(Cl)c2o1. The molecule has 0 fully saturated rings. The van der Waals surface area contributed by atoms with Crippen LogP contribution in [0.1, 0.15) is 0 Å². The van der Waals surface area contributed by atoms with E-state index in [2.05, 4.69) is 10.4 Å². The third-order valence-electron chi connectivity index (χ3n) is 1.57. The van der Waals surface area contributed by atoms with Gasteiger partial charge in [0.2, 0.25) is 0 Å². The molecule has 1 heterocycles. The van der Waals surface area contributed by atoms with Crippen molar-refractivity contribution in [3.05, 3.63) is 22.2 Å². The summed E-state index contributed by atoms with van der Waals surface area (Å²) in [7, 11) is 0. The van der Waals surface area contributed by atoms with Gasteiger partial charge in [0.15, 0.2) is 5.58 Å². The second-order valence-electron chi connectivity index (χ2n) is 2.37. The van der Waals surface area contributed by atoms with Crippen molar-refractivity contribution in [2.45, 2.75) is 0 Å². The standard InChI is InChI=1S/C7H5Cl2N3O/c8-3-1-2-4(9)6-5(3)11-7(12-10)13-6/h1-2H,10H2,(H,11,12). The zero-order valence-electron chi connectivity index (χ0n) is 6.34. The van der Waals surface area contributed by atoms with Crippen molar-refractivity contribution in [2.75, 3.05) is 5.43 Å². The van der Waals surface area contributed by atoms with E-state index in [0.29, 0.717) is 21.1 Å². The van der Waals surface area contributed by atoms with Crippen LogP contribution in [0.4, 0.5) is 6.01 Å². The molecule has 0 aliphatic rings. The van der Waals surface area contributed by atoms with E-state index in [4.69, 9.17) is 33.5 Å². The fourth-order valence-corrected chi connectivity index (χ4v) is 1.39. The molecule has 0 unspecified atom stereocenters. The predicted octanol–water partition coefficient (Wildman–Crippen LogP) is 2.42. The Hall–Kier alpha value is -0.970. The molecule has 68 valence electrons. The van der Waals surface area contributed by atoms with Gasteiger partial charge in [-0.1, -0.05) is 23.2 Å². The third kappa shape index (κ3) is 1.33. The summed E-state index contributed by atoms with van der Waals surface area (Å²) in [6.45, 7) is 0. The zero-order chi connectivity index (χ0) is 9.42. The monoisotopic (exact) mass is 217 g/mol. The summed E-state index contributed by atoms with van der Waals surface area (Å²) in [5.74, 6) is 5.12. The number of aromatic nitrogens is 1. The first-order valence-electron chi connectivity index (χ1n) is 3.43. The van der Waals surface area contributed by atoms with E-state index in [1.807, 2.05) is 0 Å². The molecule has 0 radical (unpaired) electrons. The van der Waals surface area contributed by atoms with Crippen molar-refractivity contribution in [3.8, 4) is 0 Å². The summed E-state index contributed by atoms with van der Waals surface area (Å²) in [6, 6.07) is 3.47. The van der Waals surface area contributed by atoms with Gasteiger partial charge in [0.05, 0.1) is 10.0 Å². The maximum atomic E-state index is 5.85. The molecule has 3 N–H and O–H groups in total. The Morgan fingerprint density at radius 1 is 1.31 bits per heavy atom. The number of hydrogen-bond donors (Lipinski definition) is 2. The number of nitrogens with two attached hydrogens (primary N) is 1. The van der Waals surface area contributed by atoms with Crippen molar-refractivity contribution in [1.29, 1.82) is 0 Å². The van der Waals surface area contributed by atoms with Crippen LogP contribution in [0.5, 0.6) is 0 Å². The van der Waals surface area contributed by atoms with Crippen LogP contribution in [0.3, 0.4) is 0 Å². The van der Waals surface area contributed by atoms with Crippen LogP contribution in [0.2, 0.25) is 10.0 Å². The number of hydrazine groups is 1. The fourth-order valence-electron chi connectivity index (χ4n) is 1.01. The molecule has 0 bridgehead atoms. The molecule has 0 spiro atoms. The van der Waals surface area contributed by atoms with Gasteiger partial charge in [-0.15, -0.1) is 0 Å². The molecular weight excluding hydrogens is 213 g/mol. The van der Waals surface area contributed by atoms with Crippen LogP contribution in [0, 0.1) is 0 Å². The van der Waals surface area contributed by atoms with Crippen LogP contribution in [-0.2, 0) is 0 Å². The molecule has 2 aromatic rings. The van der Waals surface area contributed by atoms with Crippen molar-refractivity contribution in [2.24, 2.45) is 5.84 Å². The summed E-state index contributed by atoms with van der Waals surface area (Å²) in [5, 5.41) is 0.929. The molecule has 2 rings (SSSR count). The molecule has 1 aromatic heterocycles. The highest BCUT2D eigenvalue weighted by Crippen LogP contribution is 2.31. The van der Waals surface area contributed by atoms with E-state index in [0.717, 1.165) is 0 Å². The predicted molar refractivity (Wildman–Crippen MR) is 51.8 cm³/mol. The van der Waals surface area contributed by atoms with Gasteiger partial charge in [-0.05, 0) is 12.1 Å². The Bertz CT molecular complexity index is 415. The minimum Gasteiger partial charge on any atom is -0.421 e. The van der Waals surface area contributed by atoms with Crippen LogP contribution in [-0.4, -0.2) is 4.98 Å². The van der Waals surface area contributed by atoms with Gasteiger partial charge in [-0.2, -0.15) is 4.98 Å². The smallest absolute Gasteiger partial charge is 0.310 e. The lowest BCUT2D eigenvalue weighted by molar-refractivity contribution is 0.617. The molecule has 0 saturated heterocycles. The van der Waals surface area contributed by atoms with Crippen LogP contribution >= 0.6 is 23.2 Å². The van der Waals surface area contributed by atoms with Crippen LogP contribution in [0.15, 0.2) is 16.5 Å². The average molecular weight is 218 g/mol. The van der Waals surface area contributed by atoms with E-state index >= 15 is 0 Å². The highest BCUT2D eigenvalue weighted by molar-refractivity contribution is 6.39. The molecule has 1 aromatic carbocycles. The molecule has 0 amide bonds. The Balaban J connectivity index is 2.80. The van der Waals surface area contributed by atoms with Crippen molar-refractivity contribution < 1.29 is 4.42 Å². The number of anilines is 1. The molecule has 0 atom stereocenters. The number of oxazole rings is 1. The highest BCUT2D eigenvalue weighted by Gasteiger charge is 2.10. The summed E-state index contributed by atoms with van der Waals surface area (Å²) in [6.07, 6.45) is 0. The van der Waals surface area contributed by atoms with Gasteiger partial charge in [-0.25, -0.2) is 5.84 Å². The van der Waals surface area contributed by atoms with Crippen molar-refractivity contribution in [1.82, 2.24) is 4.98 Å². The van der Waals surface area contributed by atoms with Crippen molar-refractivity contribution in [3.63, 3.8) is 0 Å². The minimum atomic E-state index is 0.185. The van der Waals surface area contributed by atoms with Crippen molar-refractivity contribution >= 4 is 40.3 Å². The van der Waals surface area contributed by atoms with Crippen LogP contribution < -0.4 is 11.3 Å². The second kappa shape index (κ2) is 3.06. The van der Waals surface area contributed by atoms with Gasteiger partial charge in [-0.3, -0.25) is 5.43 Å². The first-order valence-corrected chi connectivity index (χ1v) is 4.19. The Morgan fingerprint density at radius 2 is 2.00 bits per heavy atom. The number of rotatable bonds is 1. The van der Waals surface area contributed by atoms with Gasteiger partial charge >= 0.3 is 6.01 Å². The largest absolute Gasteiger partial charge is 0.421 e. The molecule has 4 nitrogen and oxygen atoms in total. The summed E-state index contributed by atoms with van der Waals surface area (Å²) in [5.41, 5.74) is 3.21. The molecule has 0 saturated carbocycles. The van der Waals surface area contributed by atoms with Crippen LogP contribution in [0.25, 0.3) is 11.1 Å². The van der Waals surface area contributed by atoms with Gasteiger partial charge in [0, 0.05) is 0 Å². The zero-order valence-corrected chi connectivity index (χ0v) is 7.86. The number of benzene rings is 1. The lowest BCUT2D eigenvalue weighted by atomic mass is 10.3. The van der Waals surface area contributed by atoms with E-state index in [9.17, 15) is 0 Å². The topological polar surface area (TPSA) is 64.1 Å². The molecular formula is C7H5Cl2N3O. The number of nitrogen functional groups attached to an aromatic ring is 1. The van der Waals surface area contributed by atoms with Gasteiger partial charge in [0.1, 0.15) is 5.52 Å². The normalized spacial score (nSPS) is 10.7. The third-order valence-corrected chi connectivity index (χ3v) is 2.17. The van der Waals surface area contributed by atoms with E-state index in [-0.39, 0.29) is 6.01 Å². The summed E-state index contributed by atoms with van der Waals surface area (Å²) >= 11 is 11.7. The minimum absolute atomic E-state index is 0.185. The number of hydrogen-bond acceptors (Lipinski definition) is 4. The number of nitrogens with one attached hydrogen (secondary N) is 1.